The number of hydrogen-bond acceptors (Lipinski definition) is 4. The van der Waals surface area contributed by atoms with Gasteiger partial charge in [0.25, 0.3) is 5.91 Å². The third-order valence-electron chi connectivity index (χ3n) is 5.95. The Balaban J connectivity index is 1.49. The zero-order chi connectivity index (χ0) is 16.7. The largest absolute Gasteiger partial charge is 0.444 e. The third kappa shape index (κ3) is 2.18. The van der Waals surface area contributed by atoms with Gasteiger partial charge in [0, 0.05) is 36.7 Å². The summed E-state index contributed by atoms with van der Waals surface area (Å²) in [5.74, 6) is 0.780. The molecule has 0 aliphatic heterocycles. The van der Waals surface area contributed by atoms with Crippen LogP contribution in [0.15, 0.2) is 41.3 Å². The van der Waals surface area contributed by atoms with Crippen LogP contribution in [-0.2, 0) is 4.74 Å². The SMILES string of the molecule is CO[C@H]1C[C@@H](N(C)C(=O)c2ccc(-c3cnco3)cc2)C12CCC2. The van der Waals surface area contributed by atoms with Crippen LogP contribution in [0.5, 0.6) is 0 Å². The summed E-state index contributed by atoms with van der Waals surface area (Å²) in [6, 6.07) is 7.81. The molecule has 1 amide bonds. The average Bonchev–Trinajstić information content (AvgIpc) is 3.06. The van der Waals surface area contributed by atoms with E-state index < -0.39 is 0 Å². The predicted octanol–water partition coefficient (Wildman–Crippen LogP) is 3.37. The number of methoxy groups -OCH3 is 1. The van der Waals surface area contributed by atoms with E-state index in [0.29, 0.717) is 17.4 Å². The Morgan fingerprint density at radius 3 is 2.62 bits per heavy atom. The van der Waals surface area contributed by atoms with E-state index >= 15 is 0 Å². The molecule has 24 heavy (non-hydrogen) atoms. The molecule has 2 saturated carbocycles. The Morgan fingerprint density at radius 2 is 2.08 bits per heavy atom. The molecule has 5 nitrogen and oxygen atoms in total. The van der Waals surface area contributed by atoms with Crippen LogP contribution >= 0.6 is 0 Å². The van der Waals surface area contributed by atoms with Gasteiger partial charge < -0.3 is 14.1 Å². The zero-order valence-corrected chi connectivity index (χ0v) is 14.1. The molecule has 5 heteroatoms. The summed E-state index contributed by atoms with van der Waals surface area (Å²) < 4.78 is 10.9. The number of oxazole rings is 1. The molecule has 0 unspecified atom stereocenters. The highest BCUT2D eigenvalue weighted by Crippen LogP contribution is 2.58. The van der Waals surface area contributed by atoms with Gasteiger partial charge in [0.2, 0.25) is 0 Å². The van der Waals surface area contributed by atoms with Crippen LogP contribution in [0, 0.1) is 5.41 Å². The fraction of sp³-hybridized carbons (Fsp3) is 0.474. The van der Waals surface area contributed by atoms with Crippen molar-refractivity contribution in [3.8, 4) is 11.3 Å². The van der Waals surface area contributed by atoms with Gasteiger partial charge in [0.05, 0.1) is 12.3 Å². The second kappa shape index (κ2) is 5.74. The molecule has 1 heterocycles. The monoisotopic (exact) mass is 326 g/mol. The van der Waals surface area contributed by atoms with Gasteiger partial charge in [0.1, 0.15) is 0 Å². The Hall–Kier alpha value is -2.14. The molecule has 0 N–H and O–H groups in total. The van der Waals surface area contributed by atoms with Crippen molar-refractivity contribution in [3.05, 3.63) is 42.4 Å². The van der Waals surface area contributed by atoms with Gasteiger partial charge in [-0.15, -0.1) is 0 Å². The number of amides is 1. The van der Waals surface area contributed by atoms with Crippen molar-refractivity contribution >= 4 is 5.91 Å². The maximum atomic E-state index is 12.8. The van der Waals surface area contributed by atoms with E-state index in [1.54, 1.807) is 13.3 Å². The second-order valence-corrected chi connectivity index (χ2v) is 6.92. The number of rotatable bonds is 4. The van der Waals surface area contributed by atoms with E-state index in [9.17, 15) is 4.79 Å². The summed E-state index contributed by atoms with van der Waals surface area (Å²) in [4.78, 5) is 18.7. The van der Waals surface area contributed by atoms with Gasteiger partial charge in [-0.05, 0) is 31.4 Å². The minimum absolute atomic E-state index is 0.0740. The van der Waals surface area contributed by atoms with Crippen molar-refractivity contribution in [2.45, 2.75) is 37.8 Å². The lowest BCUT2D eigenvalue weighted by molar-refractivity contribution is -0.182. The lowest BCUT2D eigenvalue weighted by Crippen LogP contribution is -2.67. The average molecular weight is 326 g/mol. The number of ether oxygens (including phenoxy) is 1. The van der Waals surface area contributed by atoms with Gasteiger partial charge >= 0.3 is 0 Å². The van der Waals surface area contributed by atoms with E-state index in [2.05, 4.69) is 4.98 Å². The van der Waals surface area contributed by atoms with E-state index in [0.717, 1.165) is 24.8 Å². The summed E-state index contributed by atoms with van der Waals surface area (Å²) in [5.41, 5.74) is 1.82. The quantitative estimate of drug-likeness (QED) is 0.864. The second-order valence-electron chi connectivity index (χ2n) is 6.92. The van der Waals surface area contributed by atoms with E-state index in [1.165, 1.54) is 12.8 Å². The lowest BCUT2D eigenvalue weighted by Gasteiger charge is -2.62. The van der Waals surface area contributed by atoms with Crippen LogP contribution in [0.25, 0.3) is 11.3 Å². The summed E-state index contributed by atoms with van der Waals surface area (Å²) in [6.07, 6.45) is 7.89. The van der Waals surface area contributed by atoms with Gasteiger partial charge in [-0.3, -0.25) is 4.79 Å². The molecular weight excluding hydrogens is 304 g/mol. The lowest BCUT2D eigenvalue weighted by atomic mass is 9.50. The van der Waals surface area contributed by atoms with Gasteiger partial charge in [0.15, 0.2) is 12.2 Å². The number of carbonyl (C=O) groups excluding carboxylic acids is 1. The van der Waals surface area contributed by atoms with Crippen molar-refractivity contribution in [2.24, 2.45) is 5.41 Å². The standard InChI is InChI=1S/C19H22N2O3/c1-21(16-10-17(23-2)19(16)8-3-9-19)18(22)14-6-4-13(5-7-14)15-11-20-12-24-15/h4-7,11-12,16-17H,3,8-10H2,1-2H3/t16-,17+/m1/s1. The molecular formula is C19H22N2O3. The van der Waals surface area contributed by atoms with E-state index in [-0.39, 0.29) is 17.4 Å². The van der Waals surface area contributed by atoms with E-state index in [4.69, 9.17) is 9.15 Å². The molecule has 126 valence electrons. The summed E-state index contributed by atoms with van der Waals surface area (Å²) in [5, 5.41) is 0. The van der Waals surface area contributed by atoms with Crippen molar-refractivity contribution in [1.82, 2.24) is 9.88 Å². The molecule has 1 aromatic carbocycles. The molecule has 2 aromatic rings. The first-order chi connectivity index (χ1) is 11.7. The van der Waals surface area contributed by atoms with Gasteiger partial charge in [-0.1, -0.05) is 18.6 Å². The Kier molecular flexibility index (Phi) is 3.68. The maximum Gasteiger partial charge on any atom is 0.253 e. The van der Waals surface area contributed by atoms with Crippen LogP contribution < -0.4 is 0 Å². The van der Waals surface area contributed by atoms with Crippen molar-refractivity contribution < 1.29 is 13.9 Å². The molecule has 2 fully saturated rings. The molecule has 0 bridgehead atoms. The maximum absolute atomic E-state index is 12.8. The highest BCUT2D eigenvalue weighted by Gasteiger charge is 2.60. The fourth-order valence-electron chi connectivity index (χ4n) is 4.32. The van der Waals surface area contributed by atoms with Crippen LogP contribution in [0.4, 0.5) is 0 Å². The van der Waals surface area contributed by atoms with Crippen LogP contribution in [0.3, 0.4) is 0 Å². The number of hydrogen-bond donors (Lipinski definition) is 0. The smallest absolute Gasteiger partial charge is 0.253 e. The molecule has 0 saturated heterocycles. The minimum atomic E-state index is 0.0740. The first-order valence-corrected chi connectivity index (χ1v) is 8.44. The number of benzene rings is 1. The van der Waals surface area contributed by atoms with Crippen LogP contribution in [0.2, 0.25) is 0 Å². The fourth-order valence-corrected chi connectivity index (χ4v) is 4.32. The molecule has 1 spiro atoms. The van der Waals surface area contributed by atoms with Crippen molar-refractivity contribution in [1.29, 1.82) is 0 Å². The van der Waals surface area contributed by atoms with Crippen molar-refractivity contribution in [3.63, 3.8) is 0 Å². The topological polar surface area (TPSA) is 55.6 Å². The summed E-state index contributed by atoms with van der Waals surface area (Å²) in [6.45, 7) is 0. The minimum Gasteiger partial charge on any atom is -0.444 e. The molecule has 4 rings (SSSR count). The van der Waals surface area contributed by atoms with Crippen LogP contribution in [0.1, 0.15) is 36.0 Å². The van der Waals surface area contributed by atoms with E-state index in [1.807, 2.05) is 36.2 Å². The molecule has 1 aromatic heterocycles. The highest BCUT2D eigenvalue weighted by molar-refractivity contribution is 5.94. The molecule has 2 aliphatic rings. The first kappa shape index (κ1) is 15.4. The highest BCUT2D eigenvalue weighted by atomic mass is 16.5. The molecule has 0 radical (unpaired) electrons. The predicted molar refractivity (Wildman–Crippen MR) is 89.5 cm³/mol. The normalized spacial score (nSPS) is 24.2. The Morgan fingerprint density at radius 1 is 1.33 bits per heavy atom. The number of carbonyl (C=O) groups is 1. The van der Waals surface area contributed by atoms with Crippen LogP contribution in [-0.4, -0.2) is 42.1 Å². The van der Waals surface area contributed by atoms with Gasteiger partial charge in [-0.25, -0.2) is 4.98 Å². The van der Waals surface area contributed by atoms with Gasteiger partial charge in [-0.2, -0.15) is 0 Å². The summed E-state index contributed by atoms with van der Waals surface area (Å²) in [7, 11) is 3.70. The molecule has 2 atom stereocenters. The summed E-state index contributed by atoms with van der Waals surface area (Å²) >= 11 is 0. The Bertz CT molecular complexity index is 720. The number of nitrogens with zero attached hydrogens (tertiary/aromatic N) is 2. The van der Waals surface area contributed by atoms with Crippen molar-refractivity contribution in [2.75, 3.05) is 14.2 Å². The first-order valence-electron chi connectivity index (χ1n) is 8.44. The third-order valence-corrected chi connectivity index (χ3v) is 5.95. The zero-order valence-electron chi connectivity index (χ0n) is 14.1. The molecule has 2 aliphatic carbocycles. The number of aromatic nitrogens is 1. The Labute approximate surface area is 141 Å².